The quantitative estimate of drug-likeness (QED) is 0.825. The van der Waals surface area contributed by atoms with Gasteiger partial charge in [-0.15, -0.1) is 0 Å². The van der Waals surface area contributed by atoms with E-state index in [1.54, 1.807) is 0 Å². The maximum absolute atomic E-state index is 13.1. The number of hydrogen-bond donors (Lipinski definition) is 1. The summed E-state index contributed by atoms with van der Waals surface area (Å²) in [5.74, 6) is -0.133. The molecule has 0 saturated heterocycles. The van der Waals surface area contributed by atoms with E-state index >= 15 is 0 Å². The van der Waals surface area contributed by atoms with Crippen LogP contribution >= 0.6 is 34.8 Å². The van der Waals surface area contributed by atoms with E-state index in [1.807, 2.05) is 6.92 Å². The number of carbonyl (C=O) groups is 1. The van der Waals surface area contributed by atoms with Gasteiger partial charge in [-0.25, -0.2) is 9.67 Å². The van der Waals surface area contributed by atoms with Crippen molar-refractivity contribution < 1.29 is 9.90 Å². The molecule has 1 heterocycles. The van der Waals surface area contributed by atoms with Gasteiger partial charge in [0.1, 0.15) is 24.8 Å². The molecule has 8 heteroatoms. The Morgan fingerprint density at radius 1 is 1.43 bits per heavy atom. The SMILES string of the molecule is CCC1(C(=O)C(C(O)C(Cl)(Cl)Cl)n2cncn2)CCCC1. The first-order valence-electron chi connectivity index (χ1n) is 6.95. The molecule has 1 saturated carbocycles. The van der Waals surface area contributed by atoms with Crippen LogP contribution in [0.15, 0.2) is 12.7 Å². The molecule has 1 aromatic heterocycles. The number of alkyl halides is 3. The first-order valence-corrected chi connectivity index (χ1v) is 8.08. The lowest BCUT2D eigenvalue weighted by molar-refractivity contribution is -0.136. The van der Waals surface area contributed by atoms with Crippen LogP contribution in [0.1, 0.15) is 45.1 Å². The highest BCUT2D eigenvalue weighted by Crippen LogP contribution is 2.46. The van der Waals surface area contributed by atoms with Crippen molar-refractivity contribution in [2.45, 2.75) is 55.0 Å². The van der Waals surface area contributed by atoms with Crippen molar-refractivity contribution in [2.75, 3.05) is 0 Å². The third kappa shape index (κ3) is 3.36. The Morgan fingerprint density at radius 3 is 2.48 bits per heavy atom. The Balaban J connectivity index is 2.38. The fourth-order valence-corrected chi connectivity index (χ4v) is 3.45. The lowest BCUT2D eigenvalue weighted by Crippen LogP contribution is -2.45. The average Bonchev–Trinajstić information content (AvgIpc) is 3.09. The summed E-state index contributed by atoms with van der Waals surface area (Å²) in [5.41, 5.74) is -0.479. The largest absolute Gasteiger partial charge is 0.386 e. The summed E-state index contributed by atoms with van der Waals surface area (Å²) in [6.07, 6.45) is 5.44. The number of aliphatic hydroxyl groups is 1. The molecule has 1 N–H and O–H groups in total. The summed E-state index contributed by atoms with van der Waals surface area (Å²) >= 11 is 17.4. The molecule has 0 aliphatic heterocycles. The van der Waals surface area contributed by atoms with Gasteiger partial charge in [0, 0.05) is 5.41 Å². The van der Waals surface area contributed by atoms with Crippen LogP contribution in [-0.4, -0.2) is 35.6 Å². The Kier molecular flexibility index (Phi) is 5.19. The zero-order valence-electron chi connectivity index (χ0n) is 11.7. The minimum atomic E-state index is -1.97. The Morgan fingerprint density at radius 2 is 2.05 bits per heavy atom. The number of rotatable bonds is 5. The van der Waals surface area contributed by atoms with Gasteiger partial charge in [-0.05, 0) is 19.3 Å². The third-order valence-electron chi connectivity index (χ3n) is 4.38. The van der Waals surface area contributed by atoms with E-state index < -0.39 is 21.4 Å². The van der Waals surface area contributed by atoms with Crippen LogP contribution in [0.3, 0.4) is 0 Å². The molecule has 21 heavy (non-hydrogen) atoms. The predicted octanol–water partition coefficient (Wildman–Crippen LogP) is 3.09. The van der Waals surface area contributed by atoms with Crippen LogP contribution in [0, 0.1) is 5.41 Å². The van der Waals surface area contributed by atoms with Crippen LogP contribution in [0.25, 0.3) is 0 Å². The molecule has 1 aliphatic rings. The van der Waals surface area contributed by atoms with Gasteiger partial charge in [0.05, 0.1) is 0 Å². The zero-order chi connectivity index (χ0) is 15.7. The lowest BCUT2D eigenvalue weighted by Gasteiger charge is -2.34. The molecule has 0 bridgehead atoms. The summed E-state index contributed by atoms with van der Waals surface area (Å²) < 4.78 is -0.690. The standard InChI is InChI=1S/C13H18Cl3N3O2/c1-2-12(5-3-4-6-12)10(20)9(11(21)13(14,15)16)19-8-17-7-18-19/h7-9,11,21H,2-6H2,1H3. The van der Waals surface area contributed by atoms with Crippen LogP contribution in [0.2, 0.25) is 0 Å². The highest BCUT2D eigenvalue weighted by molar-refractivity contribution is 6.68. The van der Waals surface area contributed by atoms with E-state index in [9.17, 15) is 9.90 Å². The molecule has 2 atom stereocenters. The highest BCUT2D eigenvalue weighted by Gasteiger charge is 2.50. The van der Waals surface area contributed by atoms with Gasteiger partial charge in [0.2, 0.25) is 3.79 Å². The molecule has 1 aliphatic carbocycles. The number of aromatic nitrogens is 3. The topological polar surface area (TPSA) is 68.0 Å². The molecule has 0 aromatic carbocycles. The van der Waals surface area contributed by atoms with Gasteiger partial charge < -0.3 is 5.11 Å². The number of halogens is 3. The van der Waals surface area contributed by atoms with E-state index in [2.05, 4.69) is 10.1 Å². The second-order valence-electron chi connectivity index (χ2n) is 5.51. The average molecular weight is 355 g/mol. The van der Waals surface area contributed by atoms with Crippen molar-refractivity contribution >= 4 is 40.6 Å². The number of carbonyl (C=O) groups excluding carboxylic acids is 1. The number of Topliss-reactive ketones (excluding diaryl/α,β-unsaturated/α-hetero) is 1. The van der Waals surface area contributed by atoms with Crippen LogP contribution in [0.5, 0.6) is 0 Å². The summed E-state index contributed by atoms with van der Waals surface area (Å²) in [5, 5.41) is 14.3. The van der Waals surface area contributed by atoms with Gasteiger partial charge >= 0.3 is 0 Å². The van der Waals surface area contributed by atoms with Crippen molar-refractivity contribution in [1.82, 2.24) is 14.8 Å². The van der Waals surface area contributed by atoms with Gasteiger partial charge in [0.25, 0.3) is 0 Å². The molecule has 1 fully saturated rings. The summed E-state index contributed by atoms with van der Waals surface area (Å²) in [6.45, 7) is 1.98. The predicted molar refractivity (Wildman–Crippen MR) is 81.6 cm³/mol. The van der Waals surface area contributed by atoms with Crippen LogP contribution in [0.4, 0.5) is 0 Å². The molecule has 0 radical (unpaired) electrons. The summed E-state index contributed by atoms with van der Waals surface area (Å²) in [7, 11) is 0. The van der Waals surface area contributed by atoms with E-state index in [4.69, 9.17) is 34.8 Å². The molecular formula is C13H18Cl3N3O2. The second-order valence-corrected chi connectivity index (χ2v) is 7.88. The fourth-order valence-electron chi connectivity index (χ4n) is 3.09. The molecule has 0 spiro atoms. The Labute approximate surface area is 138 Å². The third-order valence-corrected chi connectivity index (χ3v) is 5.06. The molecule has 2 rings (SSSR count). The Bertz CT molecular complexity index is 481. The normalized spacial score (nSPS) is 21.2. The maximum Gasteiger partial charge on any atom is 0.218 e. The lowest BCUT2D eigenvalue weighted by atomic mass is 9.75. The Hall–Kier alpha value is -0.360. The van der Waals surface area contributed by atoms with Gasteiger partial charge in [0.15, 0.2) is 5.78 Å². The van der Waals surface area contributed by atoms with E-state index in [0.717, 1.165) is 25.7 Å². The molecule has 2 unspecified atom stereocenters. The van der Waals surface area contributed by atoms with Crippen molar-refractivity contribution in [3.05, 3.63) is 12.7 Å². The van der Waals surface area contributed by atoms with E-state index in [0.29, 0.717) is 6.42 Å². The molecule has 0 amide bonds. The second kappa shape index (κ2) is 6.41. The molecular weight excluding hydrogens is 337 g/mol. The van der Waals surface area contributed by atoms with Crippen molar-refractivity contribution in [3.63, 3.8) is 0 Å². The minimum absolute atomic E-state index is 0.133. The minimum Gasteiger partial charge on any atom is -0.386 e. The number of nitrogens with zero attached hydrogens (tertiary/aromatic N) is 3. The van der Waals surface area contributed by atoms with Gasteiger partial charge in [-0.3, -0.25) is 4.79 Å². The smallest absolute Gasteiger partial charge is 0.218 e. The maximum atomic E-state index is 13.1. The zero-order valence-corrected chi connectivity index (χ0v) is 13.9. The number of ketones is 1. The van der Waals surface area contributed by atoms with Crippen molar-refractivity contribution in [2.24, 2.45) is 5.41 Å². The highest BCUT2D eigenvalue weighted by atomic mass is 35.6. The van der Waals surface area contributed by atoms with Gasteiger partial charge in [-0.1, -0.05) is 54.6 Å². The number of hydrogen-bond acceptors (Lipinski definition) is 4. The molecule has 1 aromatic rings. The first-order chi connectivity index (χ1) is 9.82. The number of aliphatic hydroxyl groups excluding tert-OH is 1. The fraction of sp³-hybridized carbons (Fsp3) is 0.769. The van der Waals surface area contributed by atoms with Crippen molar-refractivity contribution in [3.8, 4) is 0 Å². The molecule has 5 nitrogen and oxygen atoms in total. The summed E-state index contributed by atoms with van der Waals surface area (Å²) in [6, 6.07) is -1.04. The molecule has 118 valence electrons. The monoisotopic (exact) mass is 353 g/mol. The first kappa shape index (κ1) is 17.0. The summed E-state index contributed by atoms with van der Waals surface area (Å²) in [4.78, 5) is 16.9. The van der Waals surface area contributed by atoms with Crippen LogP contribution in [-0.2, 0) is 4.79 Å². The van der Waals surface area contributed by atoms with Crippen LogP contribution < -0.4 is 0 Å². The van der Waals surface area contributed by atoms with E-state index in [-0.39, 0.29) is 5.78 Å². The van der Waals surface area contributed by atoms with Crippen molar-refractivity contribution in [1.29, 1.82) is 0 Å². The van der Waals surface area contributed by atoms with E-state index in [1.165, 1.54) is 17.3 Å². The van der Waals surface area contributed by atoms with Gasteiger partial charge in [-0.2, -0.15) is 5.10 Å².